The molecule has 0 bridgehead atoms. The van der Waals surface area contributed by atoms with Crippen molar-refractivity contribution in [1.82, 2.24) is 19.9 Å². The molecular formula is C25H21F3N6. The van der Waals surface area contributed by atoms with Crippen molar-refractivity contribution in [3.8, 4) is 22.6 Å². The van der Waals surface area contributed by atoms with Gasteiger partial charge in [-0.1, -0.05) is 18.2 Å². The Kier molecular flexibility index (Phi) is 5.83. The van der Waals surface area contributed by atoms with Crippen LogP contribution in [0.5, 0.6) is 0 Å². The van der Waals surface area contributed by atoms with Crippen LogP contribution in [-0.2, 0) is 6.18 Å². The number of piperazine rings is 1. The van der Waals surface area contributed by atoms with Crippen LogP contribution in [0, 0.1) is 0 Å². The number of aromatic nitrogens is 4. The minimum atomic E-state index is -4.43. The molecule has 1 aliphatic rings. The summed E-state index contributed by atoms with van der Waals surface area (Å²) in [6, 6.07) is 16.4. The number of anilines is 2. The summed E-state index contributed by atoms with van der Waals surface area (Å²) in [4.78, 5) is 22.2. The number of hydrogen-bond acceptors (Lipinski definition) is 6. The van der Waals surface area contributed by atoms with Crippen molar-refractivity contribution in [2.75, 3.05) is 36.0 Å². The van der Waals surface area contributed by atoms with E-state index in [1.807, 2.05) is 24.3 Å². The van der Waals surface area contributed by atoms with Gasteiger partial charge in [-0.15, -0.1) is 0 Å². The van der Waals surface area contributed by atoms with Gasteiger partial charge in [-0.25, -0.2) is 15.0 Å². The second-order valence-corrected chi connectivity index (χ2v) is 7.92. The Morgan fingerprint density at radius 2 is 1.47 bits per heavy atom. The lowest BCUT2D eigenvalue weighted by molar-refractivity contribution is -0.137. The normalized spacial score (nSPS) is 14.3. The Labute approximate surface area is 194 Å². The van der Waals surface area contributed by atoms with E-state index in [1.165, 1.54) is 6.07 Å². The number of nitrogens with zero attached hydrogens (tertiary/aromatic N) is 6. The molecule has 4 heterocycles. The molecule has 34 heavy (non-hydrogen) atoms. The van der Waals surface area contributed by atoms with Gasteiger partial charge in [-0.3, -0.25) is 4.98 Å². The smallest absolute Gasteiger partial charge is 0.353 e. The molecule has 0 amide bonds. The molecule has 0 aliphatic carbocycles. The van der Waals surface area contributed by atoms with Gasteiger partial charge < -0.3 is 9.80 Å². The first-order chi connectivity index (χ1) is 16.5. The van der Waals surface area contributed by atoms with Crippen LogP contribution in [0.4, 0.5) is 24.8 Å². The van der Waals surface area contributed by atoms with E-state index in [-0.39, 0.29) is 0 Å². The van der Waals surface area contributed by atoms with Gasteiger partial charge in [-0.2, -0.15) is 13.2 Å². The standard InChI is InChI=1S/C25H21F3N6/c26-25(27,28)20-7-3-5-18(15-20)21-16-23(32-24(31-21)19-6-4-9-29-17-19)34-13-11-33(12-14-34)22-8-1-2-10-30-22/h1-10,15-17H,11-14H2. The summed E-state index contributed by atoms with van der Waals surface area (Å²) < 4.78 is 39.9. The lowest BCUT2D eigenvalue weighted by atomic mass is 10.1. The van der Waals surface area contributed by atoms with Crippen LogP contribution in [0.2, 0.25) is 0 Å². The fourth-order valence-corrected chi connectivity index (χ4v) is 3.93. The number of hydrogen-bond donors (Lipinski definition) is 0. The molecule has 0 unspecified atom stereocenters. The summed E-state index contributed by atoms with van der Waals surface area (Å²) >= 11 is 0. The molecule has 1 saturated heterocycles. The molecular weight excluding hydrogens is 441 g/mol. The molecule has 172 valence electrons. The molecule has 0 N–H and O–H groups in total. The fourth-order valence-electron chi connectivity index (χ4n) is 3.93. The summed E-state index contributed by atoms with van der Waals surface area (Å²) in [5, 5.41) is 0. The van der Waals surface area contributed by atoms with Crippen LogP contribution < -0.4 is 9.80 Å². The molecule has 0 spiro atoms. The first-order valence-corrected chi connectivity index (χ1v) is 10.9. The van der Waals surface area contributed by atoms with Crippen LogP contribution in [0.25, 0.3) is 22.6 Å². The molecule has 6 nitrogen and oxygen atoms in total. The Bertz CT molecular complexity index is 1260. The van der Waals surface area contributed by atoms with Crippen molar-refractivity contribution in [2.24, 2.45) is 0 Å². The van der Waals surface area contributed by atoms with E-state index in [0.717, 1.165) is 31.0 Å². The second-order valence-electron chi connectivity index (χ2n) is 7.92. The van der Waals surface area contributed by atoms with E-state index in [9.17, 15) is 13.2 Å². The van der Waals surface area contributed by atoms with Crippen LogP contribution in [-0.4, -0.2) is 46.1 Å². The summed E-state index contributed by atoms with van der Waals surface area (Å²) in [5.41, 5.74) is 0.805. The van der Waals surface area contributed by atoms with Gasteiger partial charge in [0.15, 0.2) is 5.82 Å². The summed E-state index contributed by atoms with van der Waals surface area (Å²) in [6.07, 6.45) is 0.638. The van der Waals surface area contributed by atoms with E-state index >= 15 is 0 Å². The van der Waals surface area contributed by atoms with Gasteiger partial charge in [0.2, 0.25) is 0 Å². The zero-order valence-corrected chi connectivity index (χ0v) is 18.2. The Morgan fingerprint density at radius 3 is 2.15 bits per heavy atom. The molecule has 3 aromatic heterocycles. The quantitative estimate of drug-likeness (QED) is 0.428. The van der Waals surface area contributed by atoms with Crippen molar-refractivity contribution in [3.05, 3.63) is 84.8 Å². The van der Waals surface area contributed by atoms with E-state index in [4.69, 9.17) is 4.98 Å². The van der Waals surface area contributed by atoms with Crippen LogP contribution in [0.3, 0.4) is 0 Å². The molecule has 0 atom stereocenters. The topological polar surface area (TPSA) is 58.0 Å². The van der Waals surface area contributed by atoms with Crippen molar-refractivity contribution in [3.63, 3.8) is 0 Å². The highest BCUT2D eigenvalue weighted by molar-refractivity contribution is 5.68. The Balaban J connectivity index is 1.49. The van der Waals surface area contributed by atoms with E-state index in [0.29, 0.717) is 41.6 Å². The van der Waals surface area contributed by atoms with Crippen LogP contribution in [0.1, 0.15) is 5.56 Å². The monoisotopic (exact) mass is 462 g/mol. The molecule has 1 aliphatic heterocycles. The molecule has 1 fully saturated rings. The highest BCUT2D eigenvalue weighted by atomic mass is 19.4. The molecule has 9 heteroatoms. The third-order valence-electron chi connectivity index (χ3n) is 5.69. The third kappa shape index (κ3) is 4.68. The van der Waals surface area contributed by atoms with E-state index < -0.39 is 11.7 Å². The van der Waals surface area contributed by atoms with Crippen molar-refractivity contribution >= 4 is 11.6 Å². The predicted molar refractivity (Wildman–Crippen MR) is 124 cm³/mol. The maximum absolute atomic E-state index is 13.3. The van der Waals surface area contributed by atoms with Gasteiger partial charge >= 0.3 is 6.18 Å². The maximum atomic E-state index is 13.3. The van der Waals surface area contributed by atoms with Crippen molar-refractivity contribution in [2.45, 2.75) is 6.18 Å². The third-order valence-corrected chi connectivity index (χ3v) is 5.69. The zero-order valence-electron chi connectivity index (χ0n) is 18.2. The first kappa shape index (κ1) is 21.8. The van der Waals surface area contributed by atoms with Crippen LogP contribution >= 0.6 is 0 Å². The molecule has 4 aromatic rings. The lowest BCUT2D eigenvalue weighted by Gasteiger charge is -2.36. The Hall–Kier alpha value is -4.01. The largest absolute Gasteiger partial charge is 0.416 e. The number of alkyl halides is 3. The number of pyridine rings is 2. The average Bonchev–Trinajstić information content (AvgIpc) is 2.89. The summed E-state index contributed by atoms with van der Waals surface area (Å²) in [5.74, 6) is 2.01. The lowest BCUT2D eigenvalue weighted by Crippen LogP contribution is -2.47. The second kappa shape index (κ2) is 9.09. The zero-order chi connectivity index (χ0) is 23.5. The molecule has 1 aromatic carbocycles. The predicted octanol–water partition coefficient (Wildman–Crippen LogP) is 4.95. The van der Waals surface area contributed by atoms with Crippen molar-refractivity contribution in [1.29, 1.82) is 0 Å². The minimum absolute atomic E-state index is 0.385. The molecule has 0 saturated carbocycles. The highest BCUT2D eigenvalue weighted by Crippen LogP contribution is 2.33. The fraction of sp³-hybridized carbons (Fsp3) is 0.200. The molecule has 5 rings (SSSR count). The van der Waals surface area contributed by atoms with Gasteiger partial charge in [0, 0.05) is 62.0 Å². The van der Waals surface area contributed by atoms with E-state index in [2.05, 4.69) is 24.8 Å². The Morgan fingerprint density at radius 1 is 0.706 bits per heavy atom. The maximum Gasteiger partial charge on any atom is 0.416 e. The first-order valence-electron chi connectivity index (χ1n) is 10.9. The number of rotatable bonds is 4. The molecule has 0 radical (unpaired) electrons. The minimum Gasteiger partial charge on any atom is -0.353 e. The van der Waals surface area contributed by atoms with Gasteiger partial charge in [0.1, 0.15) is 11.6 Å². The number of benzene rings is 1. The SMILES string of the molecule is FC(F)(F)c1cccc(-c2cc(N3CCN(c4ccccn4)CC3)nc(-c3cccnc3)n2)c1. The average molecular weight is 462 g/mol. The van der Waals surface area contributed by atoms with Gasteiger partial charge in [0.05, 0.1) is 11.3 Å². The van der Waals surface area contributed by atoms with Crippen molar-refractivity contribution < 1.29 is 13.2 Å². The summed E-state index contributed by atoms with van der Waals surface area (Å²) in [7, 11) is 0. The van der Waals surface area contributed by atoms with Gasteiger partial charge in [0.25, 0.3) is 0 Å². The van der Waals surface area contributed by atoms with Crippen LogP contribution in [0.15, 0.2) is 79.3 Å². The van der Waals surface area contributed by atoms with Gasteiger partial charge in [-0.05, 0) is 36.4 Å². The summed E-state index contributed by atoms with van der Waals surface area (Å²) in [6.45, 7) is 2.90. The van der Waals surface area contributed by atoms with E-state index in [1.54, 1.807) is 36.8 Å². The number of halogens is 3. The highest BCUT2D eigenvalue weighted by Gasteiger charge is 2.30.